The summed E-state index contributed by atoms with van der Waals surface area (Å²) in [5.41, 5.74) is 7.76. The average molecular weight is 580 g/mol. The molecule has 178 valence electrons. The molecule has 4 rings (SSSR count). The molecule has 0 saturated heterocycles. The zero-order chi connectivity index (χ0) is 22.3. The SMILES string of the molecule is Cc1c(Cn2cc[n+](C)c2)c(C)c(Cn2ccn(C)c2=O)c(C)c1Cn1cc[n+](C)c1.[Br-].[Br-]. The summed E-state index contributed by atoms with van der Waals surface area (Å²) in [4.78, 5) is 12.5. The third kappa shape index (κ3) is 5.41. The highest BCUT2D eigenvalue weighted by Gasteiger charge is 2.21. The van der Waals surface area contributed by atoms with Crippen molar-refractivity contribution < 1.29 is 43.1 Å². The monoisotopic (exact) mass is 578 g/mol. The fourth-order valence-electron chi connectivity index (χ4n) is 4.46. The molecule has 0 saturated carbocycles. The number of aryl methyl sites for hydroxylation is 3. The molecule has 0 amide bonds. The molecule has 33 heavy (non-hydrogen) atoms. The number of hydrogen-bond acceptors (Lipinski definition) is 1. The molecule has 1 aromatic carbocycles. The van der Waals surface area contributed by atoms with Crippen LogP contribution in [0.2, 0.25) is 0 Å². The Hall–Kier alpha value is -2.39. The van der Waals surface area contributed by atoms with Crippen molar-refractivity contribution in [3.05, 3.63) is 93.7 Å². The maximum Gasteiger partial charge on any atom is 0.328 e. The van der Waals surface area contributed by atoms with E-state index in [0.717, 1.165) is 13.1 Å². The minimum absolute atomic E-state index is 0. The van der Waals surface area contributed by atoms with E-state index in [-0.39, 0.29) is 39.7 Å². The third-order valence-corrected chi connectivity index (χ3v) is 6.39. The van der Waals surface area contributed by atoms with Crippen molar-refractivity contribution in [2.45, 2.75) is 40.4 Å². The van der Waals surface area contributed by atoms with Crippen molar-refractivity contribution in [3.63, 3.8) is 0 Å². The van der Waals surface area contributed by atoms with Gasteiger partial charge in [-0.15, -0.1) is 0 Å². The zero-order valence-corrected chi connectivity index (χ0v) is 23.3. The van der Waals surface area contributed by atoms with Crippen molar-refractivity contribution in [3.8, 4) is 0 Å². The molecule has 4 aromatic rings. The van der Waals surface area contributed by atoms with Crippen LogP contribution in [0.3, 0.4) is 0 Å². The number of aromatic nitrogens is 6. The van der Waals surface area contributed by atoms with Gasteiger partial charge in [0.1, 0.15) is 37.9 Å². The predicted molar refractivity (Wildman–Crippen MR) is 119 cm³/mol. The Bertz CT molecular complexity index is 1240. The second kappa shape index (κ2) is 10.7. The van der Waals surface area contributed by atoms with Gasteiger partial charge in [0.25, 0.3) is 0 Å². The molecule has 3 heterocycles. The van der Waals surface area contributed by atoms with Gasteiger partial charge < -0.3 is 38.5 Å². The highest BCUT2D eigenvalue weighted by molar-refractivity contribution is 5.51. The highest BCUT2D eigenvalue weighted by atomic mass is 79.9. The molecule has 0 aliphatic carbocycles. The largest absolute Gasteiger partial charge is 1.00 e. The van der Waals surface area contributed by atoms with Gasteiger partial charge >= 0.3 is 5.69 Å². The van der Waals surface area contributed by atoms with Crippen LogP contribution in [0.4, 0.5) is 0 Å². The molecule has 0 aliphatic rings. The van der Waals surface area contributed by atoms with Gasteiger partial charge in [-0.25, -0.2) is 23.1 Å². The van der Waals surface area contributed by atoms with E-state index >= 15 is 0 Å². The molecule has 0 spiro atoms. The summed E-state index contributed by atoms with van der Waals surface area (Å²) in [6.45, 7) is 8.82. The van der Waals surface area contributed by atoms with E-state index in [0.29, 0.717) is 6.54 Å². The van der Waals surface area contributed by atoms with E-state index in [9.17, 15) is 4.79 Å². The Morgan fingerprint density at radius 1 is 0.697 bits per heavy atom. The summed E-state index contributed by atoms with van der Waals surface area (Å²) in [5.74, 6) is 0. The molecule has 0 bridgehead atoms. The summed E-state index contributed by atoms with van der Waals surface area (Å²) in [6, 6.07) is 0. The number of rotatable bonds is 6. The second-order valence-corrected chi connectivity index (χ2v) is 8.63. The first-order valence-corrected chi connectivity index (χ1v) is 10.6. The van der Waals surface area contributed by atoms with Crippen LogP contribution >= 0.6 is 0 Å². The predicted octanol–water partition coefficient (Wildman–Crippen LogP) is -4.48. The minimum Gasteiger partial charge on any atom is -1.00 e. The van der Waals surface area contributed by atoms with E-state index in [4.69, 9.17) is 0 Å². The molecule has 7 nitrogen and oxygen atoms in total. The van der Waals surface area contributed by atoms with Crippen LogP contribution in [-0.2, 0) is 40.8 Å². The van der Waals surface area contributed by atoms with Gasteiger partial charge in [0.15, 0.2) is 0 Å². The Morgan fingerprint density at radius 2 is 1.12 bits per heavy atom. The van der Waals surface area contributed by atoms with Gasteiger partial charge in [-0.3, -0.25) is 4.57 Å². The molecule has 0 N–H and O–H groups in total. The Labute approximate surface area is 216 Å². The maximum absolute atomic E-state index is 12.5. The first-order valence-electron chi connectivity index (χ1n) is 10.6. The number of nitrogens with zero attached hydrogens (tertiary/aromatic N) is 6. The van der Waals surface area contributed by atoms with Crippen molar-refractivity contribution >= 4 is 0 Å². The van der Waals surface area contributed by atoms with Gasteiger partial charge in [0.05, 0.1) is 20.6 Å². The molecule has 9 heteroatoms. The van der Waals surface area contributed by atoms with E-state index in [1.54, 1.807) is 16.2 Å². The van der Waals surface area contributed by atoms with Crippen LogP contribution in [0.25, 0.3) is 0 Å². The average Bonchev–Trinajstić information content (AvgIpc) is 3.42. The highest BCUT2D eigenvalue weighted by Crippen LogP contribution is 2.29. The number of imidazole rings is 3. The van der Waals surface area contributed by atoms with Crippen molar-refractivity contribution in [2.24, 2.45) is 21.1 Å². The van der Waals surface area contributed by atoms with Crippen LogP contribution in [0.15, 0.2) is 54.6 Å². The van der Waals surface area contributed by atoms with E-state index in [2.05, 4.69) is 76.5 Å². The van der Waals surface area contributed by atoms with Crippen LogP contribution in [0, 0.1) is 20.8 Å². The van der Waals surface area contributed by atoms with E-state index < -0.39 is 0 Å². The summed E-state index contributed by atoms with van der Waals surface area (Å²) < 4.78 is 12.0. The topological polar surface area (TPSA) is 44.5 Å². The first kappa shape index (κ1) is 26.9. The standard InChI is InChI=1S/C24H32N6O.2BrH/c1-18-21(13-28-10-7-25(4)16-28)19(2)23(15-30-12-9-27(6)24(30)31)20(3)22(18)14-29-11-8-26(5)17-29;;/h7-12,16-17H,13-15H2,1-6H3;2*1H/q+2;;/p-2. The van der Waals surface area contributed by atoms with Gasteiger partial charge in [0, 0.05) is 30.6 Å². The van der Waals surface area contributed by atoms with E-state index in [1.807, 2.05) is 26.5 Å². The van der Waals surface area contributed by atoms with Crippen molar-refractivity contribution in [1.82, 2.24) is 18.3 Å². The van der Waals surface area contributed by atoms with E-state index in [1.165, 1.54) is 33.4 Å². The summed E-state index contributed by atoms with van der Waals surface area (Å²) in [5, 5.41) is 0. The fourth-order valence-corrected chi connectivity index (χ4v) is 4.46. The fraction of sp³-hybridized carbons (Fsp3) is 0.375. The maximum atomic E-state index is 12.5. The Balaban J connectivity index is 0.00000193. The van der Waals surface area contributed by atoms with Crippen molar-refractivity contribution in [1.29, 1.82) is 0 Å². The molecule has 0 fully saturated rings. The molecular weight excluding hydrogens is 548 g/mol. The lowest BCUT2D eigenvalue weighted by molar-refractivity contribution is -0.671. The van der Waals surface area contributed by atoms with Crippen LogP contribution in [-0.4, -0.2) is 18.3 Å². The third-order valence-electron chi connectivity index (χ3n) is 6.39. The first-order chi connectivity index (χ1) is 14.7. The summed E-state index contributed by atoms with van der Waals surface area (Å²) in [6.07, 6.45) is 16.2. The number of hydrogen-bond donors (Lipinski definition) is 0. The lowest BCUT2D eigenvalue weighted by atomic mass is 9.87. The normalized spacial score (nSPS) is 10.7. The van der Waals surface area contributed by atoms with Gasteiger partial charge in [-0.05, 0) is 43.0 Å². The minimum atomic E-state index is 0. The molecule has 3 aromatic heterocycles. The smallest absolute Gasteiger partial charge is 0.328 e. The lowest BCUT2D eigenvalue weighted by Gasteiger charge is -2.21. The van der Waals surface area contributed by atoms with Gasteiger partial charge in [-0.1, -0.05) is 0 Å². The zero-order valence-electron chi connectivity index (χ0n) is 20.1. The summed E-state index contributed by atoms with van der Waals surface area (Å²) in [7, 11) is 5.87. The van der Waals surface area contributed by atoms with Crippen LogP contribution < -0.4 is 48.8 Å². The number of benzene rings is 1. The Kier molecular flexibility index (Phi) is 8.70. The van der Waals surface area contributed by atoms with Crippen molar-refractivity contribution in [2.75, 3.05) is 0 Å². The van der Waals surface area contributed by atoms with Crippen LogP contribution in [0.1, 0.15) is 33.4 Å². The lowest BCUT2D eigenvalue weighted by Crippen LogP contribution is -3.00. The van der Waals surface area contributed by atoms with Crippen LogP contribution in [0.5, 0.6) is 0 Å². The molecule has 0 unspecified atom stereocenters. The molecular formula is C24H32Br2N6O. The molecule has 0 aliphatic heterocycles. The number of halogens is 2. The van der Waals surface area contributed by atoms with Gasteiger partial charge in [-0.2, -0.15) is 0 Å². The van der Waals surface area contributed by atoms with Gasteiger partial charge in [0.2, 0.25) is 12.7 Å². The quantitative estimate of drug-likeness (QED) is 0.213. The molecule has 0 atom stereocenters. The second-order valence-electron chi connectivity index (χ2n) is 8.63. The molecule has 0 radical (unpaired) electrons. The summed E-state index contributed by atoms with van der Waals surface area (Å²) >= 11 is 0. The Morgan fingerprint density at radius 3 is 1.45 bits per heavy atom.